The van der Waals surface area contributed by atoms with Gasteiger partial charge in [-0.25, -0.2) is 0 Å². The van der Waals surface area contributed by atoms with Gasteiger partial charge in [-0.1, -0.05) is 259 Å². The Kier molecular flexibility index (Phi) is 59.8. The highest BCUT2D eigenvalue weighted by atomic mass is 16.6. The fourth-order valence-electron chi connectivity index (χ4n) is 8.79. The van der Waals surface area contributed by atoms with Crippen LogP contribution >= 0.6 is 0 Å². The SMILES string of the molecule is CC/C=C\C/C=C\C/C=C\C/C=C\CCCCC(=O)OCC(COC(=O)CCCCCCCCCCCCCCC/C=C\C/C=C\CCCCCCC)OC(=O)CCCCCCCCC/C=C\C/C=C\CCCCC. The Bertz CT molecular complexity index is 1480. The van der Waals surface area contributed by atoms with Crippen molar-refractivity contribution >= 4 is 17.9 Å². The minimum absolute atomic E-state index is 0.0938. The van der Waals surface area contributed by atoms with Crippen molar-refractivity contribution in [1.29, 1.82) is 0 Å². The highest BCUT2D eigenvalue weighted by molar-refractivity contribution is 5.71. The zero-order chi connectivity index (χ0) is 54.3. The molecular weight excluding hydrogens is 925 g/mol. The Hall–Kier alpha value is -3.67. The molecule has 75 heavy (non-hydrogen) atoms. The van der Waals surface area contributed by atoms with Crippen molar-refractivity contribution in [2.24, 2.45) is 0 Å². The van der Waals surface area contributed by atoms with Gasteiger partial charge in [-0.3, -0.25) is 14.4 Å². The molecule has 6 nitrogen and oxygen atoms in total. The highest BCUT2D eigenvalue weighted by Gasteiger charge is 2.19. The molecule has 0 aliphatic heterocycles. The smallest absolute Gasteiger partial charge is 0.306 e. The van der Waals surface area contributed by atoms with Crippen molar-refractivity contribution in [2.75, 3.05) is 13.2 Å². The van der Waals surface area contributed by atoms with E-state index in [1.807, 2.05) is 0 Å². The van der Waals surface area contributed by atoms with Crippen molar-refractivity contribution in [3.8, 4) is 0 Å². The maximum absolute atomic E-state index is 12.9. The Labute approximate surface area is 464 Å². The van der Waals surface area contributed by atoms with E-state index < -0.39 is 6.10 Å². The number of unbranched alkanes of at least 4 members (excludes halogenated alkanes) is 30. The summed E-state index contributed by atoms with van der Waals surface area (Å²) in [5.74, 6) is -0.938. The van der Waals surface area contributed by atoms with Crippen molar-refractivity contribution in [3.63, 3.8) is 0 Å². The topological polar surface area (TPSA) is 78.9 Å². The Balaban J connectivity index is 4.36. The molecule has 0 aliphatic carbocycles. The van der Waals surface area contributed by atoms with E-state index in [4.69, 9.17) is 14.2 Å². The van der Waals surface area contributed by atoms with Gasteiger partial charge < -0.3 is 14.2 Å². The lowest BCUT2D eigenvalue weighted by molar-refractivity contribution is -0.167. The molecule has 6 heteroatoms. The minimum Gasteiger partial charge on any atom is -0.462 e. The summed E-state index contributed by atoms with van der Waals surface area (Å²) in [6.45, 7) is 6.47. The van der Waals surface area contributed by atoms with Crippen molar-refractivity contribution in [3.05, 3.63) is 97.2 Å². The molecule has 0 spiro atoms. The fourth-order valence-corrected chi connectivity index (χ4v) is 8.79. The molecule has 0 saturated carbocycles. The van der Waals surface area contributed by atoms with E-state index in [1.165, 1.54) is 161 Å². The number of carbonyl (C=O) groups excluding carboxylic acids is 3. The molecule has 0 N–H and O–H groups in total. The van der Waals surface area contributed by atoms with Gasteiger partial charge in [-0.2, -0.15) is 0 Å². The van der Waals surface area contributed by atoms with E-state index >= 15 is 0 Å². The lowest BCUT2D eigenvalue weighted by Crippen LogP contribution is -2.30. The number of hydrogen-bond donors (Lipinski definition) is 0. The first-order chi connectivity index (χ1) is 37.0. The van der Waals surface area contributed by atoms with Gasteiger partial charge in [-0.15, -0.1) is 0 Å². The fraction of sp³-hybridized carbons (Fsp3) is 0.725. The van der Waals surface area contributed by atoms with Gasteiger partial charge in [0, 0.05) is 19.3 Å². The molecule has 0 aromatic rings. The molecule has 0 bridgehead atoms. The Morgan fingerprint density at radius 3 is 0.867 bits per heavy atom. The van der Waals surface area contributed by atoms with E-state index in [2.05, 4.69) is 118 Å². The van der Waals surface area contributed by atoms with E-state index in [0.29, 0.717) is 19.3 Å². The number of esters is 3. The summed E-state index contributed by atoms with van der Waals surface area (Å²) in [4.78, 5) is 38.3. The maximum Gasteiger partial charge on any atom is 0.306 e. The highest BCUT2D eigenvalue weighted by Crippen LogP contribution is 2.16. The largest absolute Gasteiger partial charge is 0.462 e. The molecule has 0 aliphatic rings. The molecule has 1 unspecified atom stereocenters. The Morgan fingerprint density at radius 1 is 0.280 bits per heavy atom. The zero-order valence-electron chi connectivity index (χ0n) is 49.3. The van der Waals surface area contributed by atoms with Crippen LogP contribution in [0.1, 0.15) is 303 Å². The van der Waals surface area contributed by atoms with Crippen LogP contribution in [0, 0.1) is 0 Å². The molecule has 0 aromatic carbocycles. The summed E-state index contributed by atoms with van der Waals surface area (Å²) in [6, 6.07) is 0. The second-order valence-electron chi connectivity index (χ2n) is 20.9. The van der Waals surface area contributed by atoms with Crippen LogP contribution in [0.15, 0.2) is 97.2 Å². The average Bonchev–Trinajstić information content (AvgIpc) is 3.41. The van der Waals surface area contributed by atoms with Gasteiger partial charge in [0.25, 0.3) is 0 Å². The van der Waals surface area contributed by atoms with Crippen LogP contribution in [0.5, 0.6) is 0 Å². The molecule has 0 saturated heterocycles. The predicted octanol–water partition coefficient (Wildman–Crippen LogP) is 21.7. The Morgan fingerprint density at radius 2 is 0.520 bits per heavy atom. The van der Waals surface area contributed by atoms with Gasteiger partial charge in [0.15, 0.2) is 6.10 Å². The van der Waals surface area contributed by atoms with Crippen molar-refractivity contribution in [1.82, 2.24) is 0 Å². The second-order valence-corrected chi connectivity index (χ2v) is 20.9. The summed E-state index contributed by atoms with van der Waals surface area (Å²) >= 11 is 0. The quantitative estimate of drug-likeness (QED) is 0.0261. The maximum atomic E-state index is 12.9. The third kappa shape index (κ3) is 61.1. The molecule has 0 rings (SSSR count). The summed E-state index contributed by atoms with van der Waals surface area (Å²) in [6.07, 6.45) is 84.1. The van der Waals surface area contributed by atoms with E-state index in [9.17, 15) is 14.4 Å². The summed E-state index contributed by atoms with van der Waals surface area (Å²) in [5.41, 5.74) is 0. The van der Waals surface area contributed by atoms with Gasteiger partial charge in [0.2, 0.25) is 0 Å². The van der Waals surface area contributed by atoms with Crippen molar-refractivity contribution in [2.45, 2.75) is 309 Å². The number of hydrogen-bond acceptors (Lipinski definition) is 6. The van der Waals surface area contributed by atoms with E-state index in [1.54, 1.807) is 0 Å². The first-order valence-corrected chi connectivity index (χ1v) is 31.7. The first kappa shape index (κ1) is 71.3. The molecular formula is C69H118O6. The molecule has 0 amide bonds. The van der Waals surface area contributed by atoms with Crippen LogP contribution in [0.25, 0.3) is 0 Å². The van der Waals surface area contributed by atoms with Crippen LogP contribution in [0.2, 0.25) is 0 Å². The standard InChI is InChI=1S/C69H118O6/c1-4-7-10-13-16-19-22-25-28-30-31-32-33-34-35-36-37-39-41-44-47-50-53-56-59-62-68(71)74-65-66(64-73-67(70)61-58-55-52-49-46-43-40-27-24-21-18-15-12-9-6-3)75-69(72)63-60-57-54-51-48-45-42-38-29-26-23-20-17-14-11-8-5-2/h9,12,17-18,20-22,25-27,29-31,40,46,49,66H,4-8,10-11,13-16,19,23-24,28,32-39,41-45,47-48,50-65H2,1-3H3/b12-9-,20-17-,21-18-,25-22-,29-26-,31-30-,40-27-,49-46-. The van der Waals surface area contributed by atoms with Crippen LogP contribution in [0.3, 0.4) is 0 Å². The minimum atomic E-state index is -0.801. The number of carbonyl (C=O) groups is 3. The zero-order valence-corrected chi connectivity index (χ0v) is 49.3. The predicted molar refractivity (Wildman–Crippen MR) is 325 cm³/mol. The first-order valence-electron chi connectivity index (χ1n) is 31.7. The molecule has 0 fully saturated rings. The summed E-state index contributed by atoms with van der Waals surface area (Å²) in [7, 11) is 0. The monoisotopic (exact) mass is 1040 g/mol. The lowest BCUT2D eigenvalue weighted by Gasteiger charge is -2.18. The van der Waals surface area contributed by atoms with Crippen LogP contribution in [-0.2, 0) is 28.6 Å². The average molecular weight is 1040 g/mol. The van der Waals surface area contributed by atoms with Crippen LogP contribution in [-0.4, -0.2) is 37.2 Å². The van der Waals surface area contributed by atoms with Crippen molar-refractivity contribution < 1.29 is 28.6 Å². The van der Waals surface area contributed by atoms with E-state index in [-0.39, 0.29) is 31.1 Å². The normalized spacial score (nSPS) is 12.7. The third-order valence-electron chi connectivity index (χ3n) is 13.5. The molecule has 0 radical (unpaired) electrons. The van der Waals surface area contributed by atoms with Gasteiger partial charge in [-0.05, 0) is 122 Å². The number of allylic oxidation sites excluding steroid dienone is 16. The van der Waals surface area contributed by atoms with Gasteiger partial charge >= 0.3 is 17.9 Å². The third-order valence-corrected chi connectivity index (χ3v) is 13.5. The molecule has 430 valence electrons. The van der Waals surface area contributed by atoms with Crippen LogP contribution in [0.4, 0.5) is 0 Å². The summed E-state index contributed by atoms with van der Waals surface area (Å²) < 4.78 is 16.9. The van der Waals surface area contributed by atoms with Gasteiger partial charge in [0.1, 0.15) is 13.2 Å². The van der Waals surface area contributed by atoms with E-state index in [0.717, 1.165) is 103 Å². The lowest BCUT2D eigenvalue weighted by atomic mass is 10.0. The summed E-state index contributed by atoms with van der Waals surface area (Å²) in [5, 5.41) is 0. The number of ether oxygens (including phenoxy) is 3. The van der Waals surface area contributed by atoms with Crippen LogP contribution < -0.4 is 0 Å². The molecule has 1 atom stereocenters. The van der Waals surface area contributed by atoms with Gasteiger partial charge in [0.05, 0.1) is 0 Å². The molecule has 0 aromatic heterocycles. The second kappa shape index (κ2) is 62.9. The molecule has 0 heterocycles. The number of rotatable bonds is 57.